The zero-order chi connectivity index (χ0) is 31.0. The standard InChI is InChI=1S/C29H29F3N2O6S3/c1-39-22-12-11-20(26(17-22)40-2)18-33(21-13-15-41-16-14-21)43(37,38)27-19-34(42(35,36)23-7-4-3-5-8-23)25-10-6-9-24(28(25)27)29(30,31)32/h3-12,17,19,21H,13-16,18H2,1-2H3. The number of thioether (sulfide) groups is 1. The minimum Gasteiger partial charge on any atom is -0.497 e. The fourth-order valence-electron chi connectivity index (χ4n) is 5.22. The summed E-state index contributed by atoms with van der Waals surface area (Å²) in [6.07, 6.45) is -3.23. The topological polar surface area (TPSA) is 94.9 Å². The molecule has 0 spiro atoms. The summed E-state index contributed by atoms with van der Waals surface area (Å²) in [5.74, 6) is 2.14. The van der Waals surface area contributed by atoms with E-state index in [0.717, 1.165) is 18.3 Å². The second-order valence-corrected chi connectivity index (χ2v) is 14.8. The lowest BCUT2D eigenvalue weighted by Gasteiger charge is -2.33. The van der Waals surface area contributed by atoms with Crippen LogP contribution in [0.25, 0.3) is 10.9 Å². The van der Waals surface area contributed by atoms with E-state index in [9.17, 15) is 30.0 Å². The van der Waals surface area contributed by atoms with Crippen molar-refractivity contribution in [3.05, 3.63) is 84.1 Å². The summed E-state index contributed by atoms with van der Waals surface area (Å²) in [4.78, 5) is -0.932. The molecule has 0 unspecified atom stereocenters. The fourth-order valence-corrected chi connectivity index (χ4v) is 9.63. The number of fused-ring (bicyclic) bond motifs is 1. The number of methoxy groups -OCH3 is 2. The molecule has 1 aliphatic rings. The number of rotatable bonds is 9. The molecular weight excluding hydrogens is 626 g/mol. The molecule has 0 atom stereocenters. The highest BCUT2D eigenvalue weighted by Gasteiger charge is 2.41. The summed E-state index contributed by atoms with van der Waals surface area (Å²) in [5.41, 5.74) is -1.16. The van der Waals surface area contributed by atoms with Gasteiger partial charge in [0.15, 0.2) is 0 Å². The van der Waals surface area contributed by atoms with Gasteiger partial charge in [0.05, 0.1) is 30.2 Å². The maximum atomic E-state index is 14.6. The number of sulfonamides is 1. The highest BCUT2D eigenvalue weighted by molar-refractivity contribution is 7.99. The first-order chi connectivity index (χ1) is 20.4. The maximum Gasteiger partial charge on any atom is 0.417 e. The number of hydrogen-bond donors (Lipinski definition) is 0. The molecule has 43 heavy (non-hydrogen) atoms. The Morgan fingerprint density at radius 1 is 0.930 bits per heavy atom. The number of alkyl halides is 3. The van der Waals surface area contributed by atoms with E-state index >= 15 is 0 Å². The lowest BCUT2D eigenvalue weighted by molar-refractivity contribution is -0.136. The summed E-state index contributed by atoms with van der Waals surface area (Å²) in [6, 6.07) is 14.5. The Labute approximate surface area is 252 Å². The Morgan fingerprint density at radius 2 is 1.63 bits per heavy atom. The molecular formula is C29H29F3N2O6S3. The van der Waals surface area contributed by atoms with Gasteiger partial charge in [-0.3, -0.25) is 0 Å². The van der Waals surface area contributed by atoms with E-state index in [1.54, 1.807) is 36.0 Å². The van der Waals surface area contributed by atoms with E-state index < -0.39 is 53.6 Å². The zero-order valence-electron chi connectivity index (χ0n) is 23.2. The first-order valence-corrected chi connectivity index (χ1v) is 17.3. The van der Waals surface area contributed by atoms with E-state index in [1.165, 1.54) is 48.9 Å². The molecule has 0 saturated carbocycles. The van der Waals surface area contributed by atoms with Crippen LogP contribution in [-0.4, -0.2) is 56.9 Å². The molecule has 5 rings (SSSR count). The van der Waals surface area contributed by atoms with Crippen LogP contribution >= 0.6 is 11.8 Å². The van der Waals surface area contributed by atoms with Crippen LogP contribution in [0.1, 0.15) is 24.0 Å². The van der Waals surface area contributed by atoms with Gasteiger partial charge in [0.1, 0.15) is 16.4 Å². The molecule has 0 aliphatic carbocycles. The van der Waals surface area contributed by atoms with Crippen LogP contribution in [0.2, 0.25) is 0 Å². The van der Waals surface area contributed by atoms with Crippen molar-refractivity contribution in [3.8, 4) is 11.5 Å². The smallest absolute Gasteiger partial charge is 0.417 e. The van der Waals surface area contributed by atoms with E-state index in [2.05, 4.69) is 0 Å². The Bertz CT molecular complexity index is 1840. The molecule has 0 radical (unpaired) electrons. The number of benzene rings is 3. The quantitative estimate of drug-likeness (QED) is 0.219. The van der Waals surface area contributed by atoms with Gasteiger partial charge in [-0.1, -0.05) is 30.3 Å². The Balaban J connectivity index is 1.76. The second-order valence-electron chi connectivity index (χ2n) is 9.88. The van der Waals surface area contributed by atoms with Crippen LogP contribution in [0.4, 0.5) is 13.2 Å². The lowest BCUT2D eigenvalue weighted by atomic mass is 10.1. The predicted octanol–water partition coefficient (Wildman–Crippen LogP) is 6.00. The van der Waals surface area contributed by atoms with Gasteiger partial charge in [0.25, 0.3) is 10.0 Å². The number of halogens is 3. The van der Waals surface area contributed by atoms with Crippen LogP contribution in [0.15, 0.2) is 82.7 Å². The van der Waals surface area contributed by atoms with Crippen molar-refractivity contribution in [3.63, 3.8) is 0 Å². The minimum absolute atomic E-state index is 0.197. The molecule has 2 heterocycles. The second kappa shape index (κ2) is 12.1. The number of aromatic nitrogens is 1. The minimum atomic E-state index is -4.96. The van der Waals surface area contributed by atoms with Crippen LogP contribution in [0, 0.1) is 0 Å². The number of nitrogens with zero attached hydrogens (tertiary/aromatic N) is 2. The largest absolute Gasteiger partial charge is 0.497 e. The summed E-state index contributed by atoms with van der Waals surface area (Å²) in [7, 11) is -6.29. The van der Waals surface area contributed by atoms with E-state index in [-0.39, 0.29) is 11.4 Å². The molecule has 1 aliphatic heterocycles. The summed E-state index contributed by atoms with van der Waals surface area (Å²) < 4.78 is 112. The molecule has 8 nitrogen and oxygen atoms in total. The maximum absolute atomic E-state index is 14.6. The molecule has 4 aromatic rings. The van der Waals surface area contributed by atoms with E-state index in [1.807, 2.05) is 0 Å². The van der Waals surface area contributed by atoms with Crippen molar-refractivity contribution in [2.75, 3.05) is 25.7 Å². The molecule has 1 fully saturated rings. The Morgan fingerprint density at radius 3 is 2.26 bits per heavy atom. The molecule has 1 aromatic heterocycles. The van der Waals surface area contributed by atoms with Gasteiger partial charge in [0, 0.05) is 35.8 Å². The average Bonchev–Trinajstić information content (AvgIpc) is 3.42. The Hall–Kier alpha value is -3.20. The van der Waals surface area contributed by atoms with Crippen LogP contribution in [0.5, 0.6) is 11.5 Å². The van der Waals surface area contributed by atoms with Crippen molar-refractivity contribution in [2.45, 2.75) is 41.4 Å². The monoisotopic (exact) mass is 654 g/mol. The molecule has 0 N–H and O–H groups in total. The predicted molar refractivity (Wildman–Crippen MR) is 159 cm³/mol. The first kappa shape index (κ1) is 31.2. The van der Waals surface area contributed by atoms with Gasteiger partial charge < -0.3 is 9.47 Å². The van der Waals surface area contributed by atoms with Gasteiger partial charge >= 0.3 is 6.18 Å². The van der Waals surface area contributed by atoms with Crippen molar-refractivity contribution in [1.82, 2.24) is 8.28 Å². The molecule has 0 amide bonds. The highest BCUT2D eigenvalue weighted by Crippen LogP contribution is 2.42. The van der Waals surface area contributed by atoms with Gasteiger partial charge in [-0.25, -0.2) is 20.8 Å². The van der Waals surface area contributed by atoms with E-state index in [4.69, 9.17) is 9.47 Å². The third kappa shape index (κ3) is 5.97. The van der Waals surface area contributed by atoms with Crippen LogP contribution in [0.3, 0.4) is 0 Å². The average molecular weight is 655 g/mol. The third-order valence-electron chi connectivity index (χ3n) is 7.37. The van der Waals surface area contributed by atoms with Gasteiger partial charge in [-0.2, -0.15) is 29.2 Å². The number of hydrogen-bond acceptors (Lipinski definition) is 7. The van der Waals surface area contributed by atoms with Gasteiger partial charge in [-0.05, 0) is 54.7 Å². The summed E-state index contributed by atoms with van der Waals surface area (Å²) >= 11 is 1.66. The van der Waals surface area contributed by atoms with Crippen molar-refractivity contribution in [2.24, 2.45) is 0 Å². The SMILES string of the molecule is COc1ccc(CN(C2CCSCC2)S(=O)(=O)c2cn(S(=O)(=O)c3ccccc3)c3cccc(C(F)(F)F)c23)c(OC)c1. The summed E-state index contributed by atoms with van der Waals surface area (Å²) in [5, 5.41) is -0.702. The fraction of sp³-hybridized carbons (Fsp3) is 0.310. The highest BCUT2D eigenvalue weighted by atomic mass is 32.2. The third-order valence-corrected chi connectivity index (χ3v) is 12.0. The molecule has 0 bridgehead atoms. The van der Waals surface area contributed by atoms with Gasteiger partial charge in [-0.15, -0.1) is 0 Å². The van der Waals surface area contributed by atoms with Gasteiger partial charge in [0.2, 0.25) is 10.0 Å². The normalized spacial score (nSPS) is 15.2. The van der Waals surface area contributed by atoms with Crippen molar-refractivity contribution < 1.29 is 39.5 Å². The zero-order valence-corrected chi connectivity index (χ0v) is 25.7. The van der Waals surface area contributed by atoms with Crippen molar-refractivity contribution in [1.29, 1.82) is 0 Å². The van der Waals surface area contributed by atoms with Crippen molar-refractivity contribution >= 4 is 42.7 Å². The Kier molecular flexibility index (Phi) is 8.76. The molecule has 230 valence electrons. The molecule has 14 heteroatoms. The van der Waals surface area contributed by atoms with Crippen LogP contribution in [-0.2, 0) is 32.8 Å². The lowest BCUT2D eigenvalue weighted by Crippen LogP contribution is -2.41. The molecule has 1 saturated heterocycles. The molecule has 3 aromatic carbocycles. The number of ether oxygens (including phenoxy) is 2. The van der Waals surface area contributed by atoms with Crippen LogP contribution < -0.4 is 9.47 Å². The summed E-state index contributed by atoms with van der Waals surface area (Å²) in [6.45, 7) is -0.211. The first-order valence-electron chi connectivity index (χ1n) is 13.2. The van der Waals surface area contributed by atoms with E-state index in [0.29, 0.717) is 45.4 Å².